The first-order valence-electron chi connectivity index (χ1n) is 2.44. The minimum atomic E-state index is 0. The molecule has 1 N–H and O–H groups in total. The summed E-state index contributed by atoms with van der Waals surface area (Å²) >= 11 is 0. The third-order valence-corrected chi connectivity index (χ3v) is 0.866. The fraction of sp³-hybridized carbons (Fsp3) is 0.143. The largest absolute Gasteiger partial charge is 2.00 e. The normalized spacial score (nSPS) is 6.90. The zero-order valence-electron chi connectivity index (χ0n) is 6.13. The van der Waals surface area contributed by atoms with Crippen LogP contribution < -0.4 is 5.32 Å². The maximum atomic E-state index is 3.86. The molecule has 0 saturated carbocycles. The van der Waals surface area contributed by atoms with Crippen molar-refractivity contribution in [3.63, 3.8) is 0 Å². The number of nitrogens with one attached hydrogen (secondary N) is 1. The van der Waals surface area contributed by atoms with Crippen LogP contribution in [0.2, 0.25) is 0 Å². The van der Waals surface area contributed by atoms with Crippen LogP contribution in [0.5, 0.6) is 0 Å². The third kappa shape index (κ3) is 3.54. The zero-order chi connectivity index (χ0) is 5.82. The maximum Gasteiger partial charge on any atom is 2.00 e. The van der Waals surface area contributed by atoms with Crippen LogP contribution in [0.15, 0.2) is 18.2 Å². The van der Waals surface area contributed by atoms with Crippen molar-refractivity contribution in [2.45, 2.75) is 0 Å². The van der Waals surface area contributed by atoms with E-state index in [1.165, 1.54) is 0 Å². The van der Waals surface area contributed by atoms with Crippen LogP contribution in [0.4, 0.5) is 5.82 Å². The molecule has 0 fully saturated rings. The number of aromatic nitrogens is 1. The number of hydrogen-bond acceptors (Lipinski definition) is 2. The molecule has 10 heavy (non-hydrogen) atoms. The molecule has 0 atom stereocenters. The van der Waals surface area contributed by atoms with Crippen LogP contribution >= 0.6 is 0 Å². The molecular formula is C7H10N2V. The van der Waals surface area contributed by atoms with Crippen LogP contribution in [0.1, 0.15) is 0 Å². The Morgan fingerprint density at radius 2 is 2.30 bits per heavy atom. The summed E-state index contributed by atoms with van der Waals surface area (Å²) in [6, 6.07) is 5.54. The molecule has 0 aliphatic carbocycles. The Morgan fingerprint density at radius 3 is 2.60 bits per heavy atom. The summed E-state index contributed by atoms with van der Waals surface area (Å²) in [6.07, 6.45) is 2.70. The molecule has 1 radical (unpaired) electrons. The number of rotatable bonds is 1. The van der Waals surface area contributed by atoms with Crippen molar-refractivity contribution in [2.24, 2.45) is 0 Å². The monoisotopic (exact) mass is 173 g/mol. The van der Waals surface area contributed by atoms with Crippen molar-refractivity contribution in [3.8, 4) is 0 Å². The molecule has 1 aromatic heterocycles. The van der Waals surface area contributed by atoms with Crippen molar-refractivity contribution in [1.29, 1.82) is 0 Å². The second-order valence-electron chi connectivity index (χ2n) is 1.40. The summed E-state index contributed by atoms with van der Waals surface area (Å²) in [4.78, 5) is 3.86. The summed E-state index contributed by atoms with van der Waals surface area (Å²) in [7, 11) is 1.83. The summed E-state index contributed by atoms with van der Waals surface area (Å²) in [5.74, 6) is 0.854. The molecule has 1 heterocycles. The van der Waals surface area contributed by atoms with E-state index >= 15 is 0 Å². The van der Waals surface area contributed by atoms with Crippen molar-refractivity contribution < 1.29 is 18.6 Å². The van der Waals surface area contributed by atoms with Gasteiger partial charge in [-0.2, -0.15) is 12.1 Å². The zero-order valence-corrected chi connectivity index (χ0v) is 7.52. The minimum absolute atomic E-state index is 0. The molecule has 0 aliphatic rings. The van der Waals surface area contributed by atoms with Gasteiger partial charge in [-0.3, -0.25) is 0 Å². The van der Waals surface area contributed by atoms with E-state index in [1.54, 1.807) is 6.07 Å². The first-order chi connectivity index (χ1) is 3.93. The fourth-order valence-electron chi connectivity index (χ4n) is 0.466. The third-order valence-electron chi connectivity index (χ3n) is 0.866. The van der Waals surface area contributed by atoms with Gasteiger partial charge in [-0.15, -0.1) is 6.07 Å². The van der Waals surface area contributed by atoms with Crippen LogP contribution in [0.3, 0.4) is 0 Å². The van der Waals surface area contributed by atoms with Gasteiger partial charge in [0.1, 0.15) is 0 Å². The summed E-state index contributed by atoms with van der Waals surface area (Å²) in [5.41, 5.74) is 0. The van der Waals surface area contributed by atoms with E-state index in [0.29, 0.717) is 0 Å². The Bertz CT molecular complexity index is 153. The van der Waals surface area contributed by atoms with Gasteiger partial charge in [0.15, 0.2) is 0 Å². The Morgan fingerprint density at radius 1 is 1.60 bits per heavy atom. The Labute approximate surface area is 73.9 Å². The van der Waals surface area contributed by atoms with Crippen LogP contribution in [-0.2, 0) is 18.6 Å². The number of nitrogens with zero attached hydrogens (tertiary/aromatic N) is 1. The molecule has 0 unspecified atom stereocenters. The van der Waals surface area contributed by atoms with Gasteiger partial charge < -0.3 is 17.7 Å². The SMILES string of the molecule is CNc1ccc[c-]n1.[CH3-].[V+2]. The van der Waals surface area contributed by atoms with Crippen LogP contribution in [0.25, 0.3) is 0 Å². The van der Waals surface area contributed by atoms with Crippen LogP contribution in [0, 0.1) is 13.6 Å². The summed E-state index contributed by atoms with van der Waals surface area (Å²) in [5, 5.41) is 2.88. The Balaban J connectivity index is 0. The molecule has 0 spiro atoms. The molecular weight excluding hydrogens is 163 g/mol. The first kappa shape index (κ1) is 12.2. The topological polar surface area (TPSA) is 24.9 Å². The molecule has 0 saturated heterocycles. The minimum Gasteiger partial charge on any atom is -0.425 e. The Hall–Kier alpha value is -0.466. The van der Waals surface area contributed by atoms with Gasteiger partial charge in [0, 0.05) is 5.82 Å². The van der Waals surface area contributed by atoms with Crippen molar-refractivity contribution in [1.82, 2.24) is 4.98 Å². The van der Waals surface area contributed by atoms with Gasteiger partial charge in [0.2, 0.25) is 0 Å². The van der Waals surface area contributed by atoms with Crippen molar-refractivity contribution >= 4 is 5.82 Å². The van der Waals surface area contributed by atoms with E-state index < -0.39 is 0 Å². The van der Waals surface area contributed by atoms with Crippen molar-refractivity contribution in [3.05, 3.63) is 31.8 Å². The summed E-state index contributed by atoms with van der Waals surface area (Å²) < 4.78 is 0. The van der Waals surface area contributed by atoms with E-state index in [4.69, 9.17) is 0 Å². The van der Waals surface area contributed by atoms with Crippen molar-refractivity contribution in [2.75, 3.05) is 12.4 Å². The second-order valence-corrected chi connectivity index (χ2v) is 1.40. The van der Waals surface area contributed by atoms with E-state index in [-0.39, 0.29) is 26.0 Å². The van der Waals surface area contributed by atoms with E-state index in [2.05, 4.69) is 16.5 Å². The standard InChI is InChI=1S/C6H7N2.CH3.V/c1-7-6-4-2-3-5-8-6;;/h2-4H,1H3,(H,7,8);1H3;/q2*-1;+2. The average Bonchev–Trinajstić information content (AvgIpc) is 1.90. The molecule has 0 bridgehead atoms. The van der Waals surface area contributed by atoms with Gasteiger partial charge >= 0.3 is 18.6 Å². The molecule has 0 aromatic carbocycles. The summed E-state index contributed by atoms with van der Waals surface area (Å²) in [6.45, 7) is 0. The second kappa shape index (κ2) is 6.65. The predicted octanol–water partition coefficient (Wildman–Crippen LogP) is 1.37. The average molecular weight is 173 g/mol. The quantitative estimate of drug-likeness (QED) is 0.649. The molecule has 2 nitrogen and oxygen atoms in total. The Kier molecular flexibility index (Phi) is 8.14. The van der Waals surface area contributed by atoms with Crippen LogP contribution in [-0.4, -0.2) is 12.0 Å². The van der Waals surface area contributed by atoms with E-state index in [9.17, 15) is 0 Å². The van der Waals surface area contributed by atoms with E-state index in [1.807, 2.05) is 19.2 Å². The van der Waals surface area contributed by atoms with Gasteiger partial charge in [-0.25, -0.2) is 0 Å². The number of hydrogen-bond donors (Lipinski definition) is 1. The van der Waals surface area contributed by atoms with Gasteiger partial charge in [-0.1, -0.05) is 6.20 Å². The van der Waals surface area contributed by atoms with Gasteiger partial charge in [0.05, 0.1) is 0 Å². The maximum absolute atomic E-state index is 3.86. The molecule has 53 valence electrons. The number of pyridine rings is 1. The molecule has 1 aromatic rings. The molecule has 1 rings (SSSR count). The predicted molar refractivity (Wildman–Crippen MR) is 39.0 cm³/mol. The number of anilines is 1. The van der Waals surface area contributed by atoms with Gasteiger partial charge in [0.25, 0.3) is 0 Å². The first-order valence-corrected chi connectivity index (χ1v) is 2.44. The van der Waals surface area contributed by atoms with E-state index in [0.717, 1.165) is 5.82 Å². The van der Waals surface area contributed by atoms with Gasteiger partial charge in [-0.05, 0) is 7.05 Å². The smallest absolute Gasteiger partial charge is 0.425 e. The molecule has 0 aliphatic heterocycles. The fourth-order valence-corrected chi connectivity index (χ4v) is 0.466. The molecule has 0 amide bonds. The molecule has 3 heteroatoms.